The SMILES string of the molecule is CCCCCCCc1ccc(O)c(C(=O)Oc2ccccc2)c1. The number of ether oxygens (including phenoxy) is 1. The largest absolute Gasteiger partial charge is 0.507 e. The number of benzene rings is 2. The molecule has 0 aliphatic heterocycles. The summed E-state index contributed by atoms with van der Waals surface area (Å²) in [6.45, 7) is 2.20. The fourth-order valence-electron chi connectivity index (χ4n) is 2.49. The maximum atomic E-state index is 12.2. The minimum atomic E-state index is -0.526. The molecule has 0 spiro atoms. The lowest BCUT2D eigenvalue weighted by molar-refractivity contribution is 0.0731. The molecule has 0 radical (unpaired) electrons. The summed E-state index contributed by atoms with van der Waals surface area (Å²) in [5.41, 5.74) is 1.28. The van der Waals surface area contributed by atoms with E-state index in [1.165, 1.54) is 25.7 Å². The number of hydrogen-bond acceptors (Lipinski definition) is 3. The molecule has 0 saturated carbocycles. The lowest BCUT2D eigenvalue weighted by Gasteiger charge is -2.08. The van der Waals surface area contributed by atoms with Crippen LogP contribution in [0, 0.1) is 0 Å². The van der Waals surface area contributed by atoms with Crippen LogP contribution in [0.4, 0.5) is 0 Å². The molecule has 1 N–H and O–H groups in total. The number of carbonyl (C=O) groups excluding carboxylic acids is 1. The van der Waals surface area contributed by atoms with Crippen molar-refractivity contribution in [2.75, 3.05) is 0 Å². The van der Waals surface area contributed by atoms with Crippen LogP contribution in [-0.4, -0.2) is 11.1 Å². The molecule has 0 bridgehead atoms. The highest BCUT2D eigenvalue weighted by Crippen LogP contribution is 2.22. The highest BCUT2D eigenvalue weighted by atomic mass is 16.5. The third-order valence-electron chi connectivity index (χ3n) is 3.80. The lowest BCUT2D eigenvalue weighted by atomic mass is 10.0. The molecule has 0 aliphatic rings. The highest BCUT2D eigenvalue weighted by Gasteiger charge is 2.14. The standard InChI is InChI=1S/C20H24O3/c1-2-3-4-5-7-10-16-13-14-19(21)18(15-16)20(22)23-17-11-8-6-9-12-17/h6,8-9,11-15,21H,2-5,7,10H2,1H3. The molecular weight excluding hydrogens is 288 g/mol. The number of phenolic OH excluding ortho intramolecular Hbond substituents is 1. The van der Waals surface area contributed by atoms with Crippen molar-refractivity contribution >= 4 is 5.97 Å². The number of hydrogen-bond donors (Lipinski definition) is 1. The quantitative estimate of drug-likeness (QED) is 0.418. The molecule has 2 aromatic carbocycles. The number of aromatic hydroxyl groups is 1. The van der Waals surface area contributed by atoms with Crippen LogP contribution in [0.5, 0.6) is 11.5 Å². The first kappa shape index (κ1) is 17.1. The fourth-order valence-corrected chi connectivity index (χ4v) is 2.49. The first-order chi connectivity index (χ1) is 11.2. The van der Waals surface area contributed by atoms with Gasteiger partial charge in [-0.1, -0.05) is 56.9 Å². The summed E-state index contributed by atoms with van der Waals surface area (Å²) < 4.78 is 5.29. The molecule has 3 nitrogen and oxygen atoms in total. The summed E-state index contributed by atoms with van der Waals surface area (Å²) >= 11 is 0. The maximum absolute atomic E-state index is 12.2. The van der Waals surface area contributed by atoms with Crippen molar-refractivity contribution in [3.05, 3.63) is 59.7 Å². The van der Waals surface area contributed by atoms with E-state index in [1.807, 2.05) is 12.1 Å². The lowest BCUT2D eigenvalue weighted by Crippen LogP contribution is -2.09. The third-order valence-corrected chi connectivity index (χ3v) is 3.80. The zero-order valence-electron chi connectivity index (χ0n) is 13.6. The summed E-state index contributed by atoms with van der Waals surface area (Å²) in [7, 11) is 0. The van der Waals surface area contributed by atoms with Crippen molar-refractivity contribution in [1.29, 1.82) is 0 Å². The third kappa shape index (κ3) is 5.44. The monoisotopic (exact) mass is 312 g/mol. The van der Waals surface area contributed by atoms with Crippen LogP contribution in [-0.2, 0) is 6.42 Å². The van der Waals surface area contributed by atoms with Gasteiger partial charge in [-0.05, 0) is 42.7 Å². The molecule has 2 aromatic rings. The Labute approximate surface area is 137 Å². The van der Waals surface area contributed by atoms with E-state index in [9.17, 15) is 9.90 Å². The van der Waals surface area contributed by atoms with E-state index in [0.717, 1.165) is 18.4 Å². The number of rotatable bonds is 8. The molecule has 2 rings (SSSR count). The fraction of sp³-hybridized carbons (Fsp3) is 0.350. The summed E-state index contributed by atoms with van der Waals surface area (Å²) in [6.07, 6.45) is 6.95. The van der Waals surface area contributed by atoms with Gasteiger partial charge in [0.15, 0.2) is 0 Å². The van der Waals surface area contributed by atoms with Crippen molar-refractivity contribution in [2.45, 2.75) is 45.4 Å². The Hall–Kier alpha value is -2.29. The number of phenols is 1. The first-order valence-electron chi connectivity index (χ1n) is 8.30. The zero-order valence-corrected chi connectivity index (χ0v) is 13.6. The van der Waals surface area contributed by atoms with Crippen molar-refractivity contribution in [3.8, 4) is 11.5 Å². The van der Waals surface area contributed by atoms with E-state index in [1.54, 1.807) is 36.4 Å². The highest BCUT2D eigenvalue weighted by molar-refractivity contribution is 5.94. The van der Waals surface area contributed by atoms with Crippen molar-refractivity contribution < 1.29 is 14.6 Å². The average Bonchev–Trinajstić information content (AvgIpc) is 2.57. The smallest absolute Gasteiger partial charge is 0.347 e. The first-order valence-corrected chi connectivity index (χ1v) is 8.30. The maximum Gasteiger partial charge on any atom is 0.347 e. The Morgan fingerprint density at radius 1 is 1.00 bits per heavy atom. The van der Waals surface area contributed by atoms with E-state index in [-0.39, 0.29) is 11.3 Å². The van der Waals surface area contributed by atoms with Gasteiger partial charge in [-0.2, -0.15) is 0 Å². The second-order valence-corrected chi connectivity index (χ2v) is 5.72. The Balaban J connectivity index is 1.98. The topological polar surface area (TPSA) is 46.5 Å². The van der Waals surface area contributed by atoms with Gasteiger partial charge < -0.3 is 9.84 Å². The van der Waals surface area contributed by atoms with Gasteiger partial charge in [0.05, 0.1) is 0 Å². The van der Waals surface area contributed by atoms with Crippen LogP contribution in [0.2, 0.25) is 0 Å². The van der Waals surface area contributed by atoms with E-state index in [0.29, 0.717) is 5.75 Å². The van der Waals surface area contributed by atoms with Crippen LogP contribution in [0.3, 0.4) is 0 Å². The van der Waals surface area contributed by atoms with Crippen LogP contribution in [0.1, 0.15) is 54.9 Å². The number of unbranched alkanes of at least 4 members (excludes halogenated alkanes) is 4. The van der Waals surface area contributed by atoms with Crippen LogP contribution in [0.25, 0.3) is 0 Å². The molecule has 0 aromatic heterocycles. The van der Waals surface area contributed by atoms with Gasteiger partial charge in [0.2, 0.25) is 0 Å². The summed E-state index contributed by atoms with van der Waals surface area (Å²) in [5.74, 6) is -0.0935. The van der Waals surface area contributed by atoms with E-state index in [2.05, 4.69) is 6.92 Å². The molecule has 0 amide bonds. The number of esters is 1. The number of para-hydroxylation sites is 1. The predicted octanol–water partition coefficient (Wildman–Crippen LogP) is 5.12. The molecule has 0 fully saturated rings. The van der Waals surface area contributed by atoms with Crippen LogP contribution < -0.4 is 4.74 Å². The second-order valence-electron chi connectivity index (χ2n) is 5.72. The zero-order chi connectivity index (χ0) is 16.5. The van der Waals surface area contributed by atoms with Gasteiger partial charge in [0.25, 0.3) is 0 Å². The molecule has 0 heterocycles. The van der Waals surface area contributed by atoms with Gasteiger partial charge in [-0.15, -0.1) is 0 Å². The van der Waals surface area contributed by atoms with Gasteiger partial charge >= 0.3 is 5.97 Å². The molecular formula is C20H24O3. The Kier molecular flexibility index (Phi) is 6.67. The summed E-state index contributed by atoms with van der Waals surface area (Å²) in [4.78, 5) is 12.2. The molecule has 0 unspecified atom stereocenters. The normalized spacial score (nSPS) is 10.5. The Morgan fingerprint density at radius 3 is 2.48 bits per heavy atom. The minimum Gasteiger partial charge on any atom is -0.507 e. The Morgan fingerprint density at radius 2 is 1.74 bits per heavy atom. The van der Waals surface area contributed by atoms with Gasteiger partial charge in [-0.25, -0.2) is 4.79 Å². The molecule has 3 heteroatoms. The van der Waals surface area contributed by atoms with Crippen molar-refractivity contribution in [3.63, 3.8) is 0 Å². The van der Waals surface area contributed by atoms with Gasteiger partial charge in [-0.3, -0.25) is 0 Å². The number of carbonyl (C=O) groups is 1. The van der Waals surface area contributed by atoms with Crippen molar-refractivity contribution in [1.82, 2.24) is 0 Å². The van der Waals surface area contributed by atoms with Gasteiger partial charge in [0.1, 0.15) is 17.1 Å². The van der Waals surface area contributed by atoms with E-state index in [4.69, 9.17) is 4.74 Å². The second kappa shape index (κ2) is 8.99. The molecule has 0 saturated heterocycles. The van der Waals surface area contributed by atoms with Crippen LogP contribution >= 0.6 is 0 Å². The molecule has 122 valence electrons. The molecule has 0 aliphatic carbocycles. The predicted molar refractivity (Wildman–Crippen MR) is 92.0 cm³/mol. The summed E-state index contributed by atoms with van der Waals surface area (Å²) in [5, 5.41) is 9.92. The average molecular weight is 312 g/mol. The molecule has 0 atom stereocenters. The van der Waals surface area contributed by atoms with Crippen molar-refractivity contribution in [2.24, 2.45) is 0 Å². The number of aryl methyl sites for hydroxylation is 1. The van der Waals surface area contributed by atoms with E-state index >= 15 is 0 Å². The molecule has 23 heavy (non-hydrogen) atoms. The minimum absolute atomic E-state index is 0.0411. The van der Waals surface area contributed by atoms with E-state index < -0.39 is 5.97 Å². The Bertz CT molecular complexity index is 620. The van der Waals surface area contributed by atoms with Crippen LogP contribution in [0.15, 0.2) is 48.5 Å². The summed E-state index contributed by atoms with van der Waals surface area (Å²) in [6, 6.07) is 14.1. The van der Waals surface area contributed by atoms with Gasteiger partial charge in [0, 0.05) is 0 Å².